The summed E-state index contributed by atoms with van der Waals surface area (Å²) in [4.78, 5) is 1.94. The maximum absolute atomic E-state index is 8.64. The van der Waals surface area contributed by atoms with Gasteiger partial charge in [0.1, 0.15) is 0 Å². The Morgan fingerprint density at radius 2 is 2.27 bits per heavy atom. The molecule has 0 aliphatic heterocycles. The summed E-state index contributed by atoms with van der Waals surface area (Å²) in [5.41, 5.74) is 0. The zero-order valence-electron chi connectivity index (χ0n) is 9.10. The molecule has 82 valence electrons. The minimum Gasteiger partial charge on any atom is -0.353 e. The predicted octanol–water partition coefficient (Wildman–Crippen LogP) is 2.39. The van der Waals surface area contributed by atoms with E-state index in [2.05, 4.69) is 23.2 Å². The van der Waals surface area contributed by atoms with Crippen molar-refractivity contribution in [2.45, 2.75) is 29.4 Å². The molecule has 4 nitrogen and oxygen atoms in total. The van der Waals surface area contributed by atoms with Gasteiger partial charge in [0.05, 0.1) is 6.07 Å². The maximum Gasteiger partial charge on any atom is 0.208 e. The van der Waals surface area contributed by atoms with Crippen LogP contribution in [0.3, 0.4) is 0 Å². The first-order chi connectivity index (χ1) is 7.17. The molecule has 1 rings (SSSR count). The lowest BCUT2D eigenvalue weighted by molar-refractivity contribution is 0.839. The summed E-state index contributed by atoms with van der Waals surface area (Å²) in [6, 6.07) is 2.19. The molecule has 0 fully saturated rings. The highest BCUT2D eigenvalue weighted by Gasteiger charge is 2.12. The van der Waals surface area contributed by atoms with Crippen molar-refractivity contribution in [3.8, 4) is 6.07 Å². The Kier molecular flexibility index (Phi) is 4.85. The largest absolute Gasteiger partial charge is 0.353 e. The molecule has 0 N–H and O–H groups in total. The molecule has 0 saturated heterocycles. The van der Waals surface area contributed by atoms with Gasteiger partial charge in [-0.05, 0) is 6.42 Å². The molecule has 0 amide bonds. The molecule has 1 aromatic rings. The van der Waals surface area contributed by atoms with E-state index < -0.39 is 0 Å². The molecule has 6 heteroatoms. The van der Waals surface area contributed by atoms with Crippen LogP contribution in [0.25, 0.3) is 0 Å². The summed E-state index contributed by atoms with van der Waals surface area (Å²) in [6.45, 7) is 2.09. The van der Waals surface area contributed by atoms with Crippen LogP contribution in [0.5, 0.6) is 0 Å². The number of hydrogen-bond donors (Lipinski definition) is 0. The van der Waals surface area contributed by atoms with E-state index in [0.717, 1.165) is 15.9 Å². The molecule has 1 atom stereocenters. The van der Waals surface area contributed by atoms with Gasteiger partial charge in [0.25, 0.3) is 0 Å². The van der Waals surface area contributed by atoms with Gasteiger partial charge >= 0.3 is 0 Å². The lowest BCUT2D eigenvalue weighted by Crippen LogP contribution is -2.07. The van der Waals surface area contributed by atoms with E-state index in [1.165, 1.54) is 0 Å². The number of anilines is 1. The van der Waals surface area contributed by atoms with Crippen LogP contribution in [0, 0.1) is 11.3 Å². The Morgan fingerprint density at radius 3 is 2.73 bits per heavy atom. The van der Waals surface area contributed by atoms with Gasteiger partial charge in [-0.25, -0.2) is 0 Å². The minimum atomic E-state index is 0.331. The molecule has 0 aliphatic carbocycles. The molecule has 0 saturated carbocycles. The average molecular weight is 242 g/mol. The SMILES string of the molecule is CCC(CC#N)Sc1nnc(N(C)C)s1. The smallest absolute Gasteiger partial charge is 0.208 e. The second-order valence-electron chi connectivity index (χ2n) is 3.26. The molecule has 1 aromatic heterocycles. The third kappa shape index (κ3) is 3.68. The fraction of sp³-hybridized carbons (Fsp3) is 0.667. The van der Waals surface area contributed by atoms with Crippen molar-refractivity contribution in [3.05, 3.63) is 0 Å². The summed E-state index contributed by atoms with van der Waals surface area (Å²) < 4.78 is 0.945. The summed E-state index contributed by atoms with van der Waals surface area (Å²) >= 11 is 3.22. The van der Waals surface area contributed by atoms with Crippen molar-refractivity contribution in [2.75, 3.05) is 19.0 Å². The highest BCUT2D eigenvalue weighted by molar-refractivity contribution is 8.01. The number of rotatable bonds is 5. The molecular formula is C9H14N4S2. The van der Waals surface area contributed by atoms with Gasteiger partial charge in [-0.2, -0.15) is 5.26 Å². The summed E-state index contributed by atoms with van der Waals surface area (Å²) in [6.07, 6.45) is 1.55. The van der Waals surface area contributed by atoms with Crippen molar-refractivity contribution < 1.29 is 0 Å². The lowest BCUT2D eigenvalue weighted by atomic mass is 10.3. The Labute approximate surface area is 98.3 Å². The third-order valence-corrected chi connectivity index (χ3v) is 4.36. The minimum absolute atomic E-state index is 0.331. The first-order valence-electron chi connectivity index (χ1n) is 4.71. The Hall–Kier alpha value is -0.800. The molecule has 1 unspecified atom stereocenters. The van der Waals surface area contributed by atoms with E-state index in [1.54, 1.807) is 23.1 Å². The lowest BCUT2D eigenvalue weighted by Gasteiger charge is -2.06. The first-order valence-corrected chi connectivity index (χ1v) is 6.41. The number of aromatic nitrogens is 2. The van der Waals surface area contributed by atoms with E-state index in [9.17, 15) is 0 Å². The molecule has 0 spiro atoms. The van der Waals surface area contributed by atoms with Crippen LogP contribution in [0.2, 0.25) is 0 Å². The Morgan fingerprint density at radius 1 is 1.53 bits per heavy atom. The fourth-order valence-electron chi connectivity index (χ4n) is 0.945. The quantitative estimate of drug-likeness (QED) is 0.742. The predicted molar refractivity (Wildman–Crippen MR) is 64.4 cm³/mol. The number of nitriles is 1. The average Bonchev–Trinajstić information content (AvgIpc) is 2.65. The molecular weight excluding hydrogens is 228 g/mol. The van der Waals surface area contributed by atoms with Crippen LogP contribution in [0.1, 0.15) is 19.8 Å². The van der Waals surface area contributed by atoms with Gasteiger partial charge in [0.2, 0.25) is 5.13 Å². The highest BCUT2D eigenvalue weighted by atomic mass is 32.2. The Balaban J connectivity index is 2.60. The van der Waals surface area contributed by atoms with E-state index in [4.69, 9.17) is 5.26 Å². The van der Waals surface area contributed by atoms with E-state index >= 15 is 0 Å². The monoisotopic (exact) mass is 242 g/mol. The summed E-state index contributed by atoms with van der Waals surface area (Å²) in [7, 11) is 3.89. The van der Waals surface area contributed by atoms with E-state index in [0.29, 0.717) is 11.7 Å². The molecule has 0 aromatic carbocycles. The highest BCUT2D eigenvalue weighted by Crippen LogP contribution is 2.32. The van der Waals surface area contributed by atoms with Gasteiger partial charge in [-0.3, -0.25) is 0 Å². The normalized spacial score (nSPS) is 12.1. The zero-order valence-corrected chi connectivity index (χ0v) is 10.7. The van der Waals surface area contributed by atoms with Crippen molar-refractivity contribution in [1.29, 1.82) is 5.26 Å². The topological polar surface area (TPSA) is 52.8 Å². The van der Waals surface area contributed by atoms with Gasteiger partial charge in [-0.1, -0.05) is 30.0 Å². The molecule has 0 radical (unpaired) electrons. The molecule has 0 aliphatic rings. The van der Waals surface area contributed by atoms with Crippen LogP contribution in [-0.4, -0.2) is 29.5 Å². The van der Waals surface area contributed by atoms with Crippen molar-refractivity contribution in [3.63, 3.8) is 0 Å². The fourth-order valence-corrected chi connectivity index (χ4v) is 2.97. The molecule has 0 bridgehead atoms. The van der Waals surface area contributed by atoms with Crippen molar-refractivity contribution >= 4 is 28.2 Å². The number of nitrogens with zero attached hydrogens (tertiary/aromatic N) is 4. The Bertz CT molecular complexity index is 342. The van der Waals surface area contributed by atoms with Gasteiger partial charge < -0.3 is 4.90 Å². The van der Waals surface area contributed by atoms with Crippen molar-refractivity contribution in [2.24, 2.45) is 0 Å². The van der Waals surface area contributed by atoms with Gasteiger partial charge in [0, 0.05) is 25.8 Å². The zero-order chi connectivity index (χ0) is 11.3. The third-order valence-electron chi connectivity index (χ3n) is 1.82. The molecule has 1 heterocycles. The second-order valence-corrected chi connectivity index (χ2v) is 5.76. The van der Waals surface area contributed by atoms with Crippen LogP contribution >= 0.6 is 23.1 Å². The van der Waals surface area contributed by atoms with Crippen LogP contribution in [-0.2, 0) is 0 Å². The molecule has 15 heavy (non-hydrogen) atoms. The standard InChI is InChI=1S/C9H14N4S2/c1-4-7(5-6-10)14-9-12-11-8(15-9)13(2)3/h7H,4-5H2,1-3H3. The van der Waals surface area contributed by atoms with Crippen LogP contribution < -0.4 is 4.90 Å². The van der Waals surface area contributed by atoms with Crippen molar-refractivity contribution in [1.82, 2.24) is 10.2 Å². The number of hydrogen-bond acceptors (Lipinski definition) is 6. The van der Waals surface area contributed by atoms with Crippen LogP contribution in [0.4, 0.5) is 5.13 Å². The number of thioether (sulfide) groups is 1. The maximum atomic E-state index is 8.64. The van der Waals surface area contributed by atoms with Gasteiger partial charge in [0.15, 0.2) is 4.34 Å². The van der Waals surface area contributed by atoms with E-state index in [-0.39, 0.29) is 0 Å². The van der Waals surface area contributed by atoms with Gasteiger partial charge in [-0.15, -0.1) is 10.2 Å². The summed E-state index contributed by atoms with van der Waals surface area (Å²) in [5.74, 6) is 0. The summed E-state index contributed by atoms with van der Waals surface area (Å²) in [5, 5.41) is 18.0. The van der Waals surface area contributed by atoms with E-state index in [1.807, 2.05) is 19.0 Å². The first kappa shape index (κ1) is 12.3. The van der Waals surface area contributed by atoms with Crippen LogP contribution in [0.15, 0.2) is 4.34 Å². The second kappa shape index (κ2) is 5.93.